The van der Waals surface area contributed by atoms with E-state index < -0.39 is 5.41 Å². The lowest BCUT2D eigenvalue weighted by atomic mass is 9.74. The van der Waals surface area contributed by atoms with E-state index in [1.165, 1.54) is 12.8 Å². The van der Waals surface area contributed by atoms with Crippen LogP contribution in [0.3, 0.4) is 0 Å². The predicted octanol–water partition coefficient (Wildman–Crippen LogP) is 2.37. The molecule has 5 rings (SSSR count). The number of amides is 2. The number of nitrogens with one attached hydrogen (secondary N) is 1. The van der Waals surface area contributed by atoms with Crippen LogP contribution in [-0.4, -0.2) is 66.5 Å². The number of benzene rings is 1. The van der Waals surface area contributed by atoms with Crippen molar-refractivity contribution in [2.45, 2.75) is 25.7 Å². The van der Waals surface area contributed by atoms with Crippen molar-refractivity contribution < 1.29 is 14.3 Å². The standard InChI is InChI=1S/C25H31N5O3/c1-33-21-8-6-19(7-9-21)22(31)29-13-2-10-25(23(32)28-14-18-4-5-18)17-30(16-20(25)15-29)24-26-11-3-12-27-24/h3,6-9,11-12,18,20H,2,4-5,10,13-17H2,1H3,(H,28,32)/t20-,25-/m1/s1. The maximum Gasteiger partial charge on any atom is 0.253 e. The summed E-state index contributed by atoms with van der Waals surface area (Å²) in [5, 5.41) is 3.24. The van der Waals surface area contributed by atoms with E-state index in [-0.39, 0.29) is 17.7 Å². The maximum atomic E-state index is 13.6. The largest absolute Gasteiger partial charge is 0.497 e. The smallest absolute Gasteiger partial charge is 0.253 e. The molecule has 0 unspecified atom stereocenters. The van der Waals surface area contributed by atoms with E-state index in [0.29, 0.717) is 43.6 Å². The van der Waals surface area contributed by atoms with Gasteiger partial charge in [0, 0.05) is 56.6 Å². The Morgan fingerprint density at radius 2 is 1.91 bits per heavy atom. The Hall–Kier alpha value is -3.16. The molecule has 1 saturated carbocycles. The average molecular weight is 450 g/mol. The Morgan fingerprint density at radius 3 is 2.61 bits per heavy atom. The van der Waals surface area contributed by atoms with Crippen molar-refractivity contribution in [1.29, 1.82) is 0 Å². The van der Waals surface area contributed by atoms with Crippen molar-refractivity contribution in [1.82, 2.24) is 20.2 Å². The molecule has 2 aliphatic heterocycles. The molecule has 2 saturated heterocycles. The first kappa shape index (κ1) is 21.7. The van der Waals surface area contributed by atoms with Gasteiger partial charge in [-0.05, 0) is 61.9 Å². The monoisotopic (exact) mass is 449 g/mol. The highest BCUT2D eigenvalue weighted by atomic mass is 16.5. The van der Waals surface area contributed by atoms with Crippen LogP contribution < -0.4 is 15.0 Å². The van der Waals surface area contributed by atoms with E-state index in [9.17, 15) is 9.59 Å². The number of hydrogen-bond acceptors (Lipinski definition) is 6. The van der Waals surface area contributed by atoms with Gasteiger partial charge in [-0.3, -0.25) is 9.59 Å². The zero-order chi connectivity index (χ0) is 22.8. The lowest BCUT2D eigenvalue weighted by molar-refractivity contribution is -0.132. The number of aromatic nitrogens is 2. The van der Waals surface area contributed by atoms with Crippen LogP contribution in [0.15, 0.2) is 42.7 Å². The van der Waals surface area contributed by atoms with E-state index in [0.717, 1.165) is 25.1 Å². The normalized spacial score (nSPS) is 24.7. The second-order valence-corrected chi connectivity index (χ2v) is 9.52. The molecule has 2 amide bonds. The van der Waals surface area contributed by atoms with Crippen molar-refractivity contribution in [3.8, 4) is 5.75 Å². The Balaban J connectivity index is 1.39. The first-order chi connectivity index (χ1) is 16.1. The highest BCUT2D eigenvalue weighted by Gasteiger charge is 2.54. The Labute approximate surface area is 194 Å². The minimum Gasteiger partial charge on any atom is -0.497 e. The topological polar surface area (TPSA) is 87.7 Å². The minimum atomic E-state index is -0.539. The van der Waals surface area contributed by atoms with E-state index in [1.54, 1.807) is 37.7 Å². The zero-order valence-corrected chi connectivity index (χ0v) is 19.1. The van der Waals surface area contributed by atoms with Crippen LogP contribution in [-0.2, 0) is 4.79 Å². The van der Waals surface area contributed by atoms with Gasteiger partial charge in [-0.2, -0.15) is 0 Å². The summed E-state index contributed by atoms with van der Waals surface area (Å²) in [5.41, 5.74) is 0.103. The maximum absolute atomic E-state index is 13.6. The first-order valence-corrected chi connectivity index (χ1v) is 11.8. The van der Waals surface area contributed by atoms with Crippen molar-refractivity contribution in [2.75, 3.05) is 44.7 Å². The Kier molecular flexibility index (Phi) is 5.91. The van der Waals surface area contributed by atoms with Crippen molar-refractivity contribution >= 4 is 17.8 Å². The lowest BCUT2D eigenvalue weighted by Gasteiger charge is -2.32. The van der Waals surface area contributed by atoms with Gasteiger partial charge >= 0.3 is 0 Å². The van der Waals surface area contributed by atoms with Gasteiger partial charge in [0.2, 0.25) is 11.9 Å². The summed E-state index contributed by atoms with van der Waals surface area (Å²) in [6.45, 7) is 3.20. The number of likely N-dealkylation sites (tertiary alicyclic amines) is 1. The van der Waals surface area contributed by atoms with Crippen LogP contribution in [0, 0.1) is 17.3 Å². The van der Waals surface area contributed by atoms with Gasteiger partial charge in [-0.15, -0.1) is 0 Å². The highest BCUT2D eigenvalue weighted by Crippen LogP contribution is 2.44. The fourth-order valence-corrected chi connectivity index (χ4v) is 5.25. The summed E-state index contributed by atoms with van der Waals surface area (Å²) < 4.78 is 5.22. The molecule has 0 spiro atoms. The number of methoxy groups -OCH3 is 1. The molecular formula is C25H31N5O3. The highest BCUT2D eigenvalue weighted by molar-refractivity contribution is 5.94. The van der Waals surface area contributed by atoms with E-state index in [1.807, 2.05) is 17.0 Å². The summed E-state index contributed by atoms with van der Waals surface area (Å²) in [6, 6.07) is 9.03. The molecule has 1 N–H and O–H groups in total. The fraction of sp³-hybridized carbons (Fsp3) is 0.520. The fourth-order valence-electron chi connectivity index (χ4n) is 5.25. The Bertz CT molecular complexity index is 995. The van der Waals surface area contributed by atoms with E-state index in [2.05, 4.69) is 20.2 Å². The molecule has 1 aromatic heterocycles. The molecule has 2 aromatic rings. The van der Waals surface area contributed by atoms with E-state index >= 15 is 0 Å². The molecule has 33 heavy (non-hydrogen) atoms. The van der Waals surface area contributed by atoms with Gasteiger partial charge in [-0.1, -0.05) is 0 Å². The molecule has 174 valence electrons. The molecule has 1 aliphatic carbocycles. The molecule has 3 fully saturated rings. The number of nitrogens with zero attached hydrogens (tertiary/aromatic N) is 4. The van der Waals surface area contributed by atoms with Gasteiger partial charge in [0.15, 0.2) is 0 Å². The average Bonchev–Trinajstić information content (AvgIpc) is 3.65. The quantitative estimate of drug-likeness (QED) is 0.729. The predicted molar refractivity (Wildman–Crippen MR) is 124 cm³/mol. The molecular weight excluding hydrogens is 418 g/mol. The summed E-state index contributed by atoms with van der Waals surface area (Å²) in [4.78, 5) is 39.8. The number of hydrogen-bond donors (Lipinski definition) is 1. The summed E-state index contributed by atoms with van der Waals surface area (Å²) in [5.74, 6) is 2.14. The van der Waals surface area contributed by atoms with Gasteiger partial charge in [0.05, 0.1) is 12.5 Å². The third kappa shape index (κ3) is 4.38. The minimum absolute atomic E-state index is 0.00116. The molecule has 0 bridgehead atoms. The molecule has 8 heteroatoms. The number of rotatable bonds is 6. The lowest BCUT2D eigenvalue weighted by Crippen LogP contribution is -2.48. The SMILES string of the molecule is COc1ccc(C(=O)N2CCC[C@@]3(C(=O)NCC4CC4)CN(c4ncccn4)C[C@H]3C2)cc1. The van der Waals surface area contributed by atoms with Crippen molar-refractivity contribution in [3.63, 3.8) is 0 Å². The van der Waals surface area contributed by atoms with Gasteiger partial charge in [-0.25, -0.2) is 9.97 Å². The third-order valence-corrected chi connectivity index (χ3v) is 7.35. The first-order valence-electron chi connectivity index (χ1n) is 11.8. The van der Waals surface area contributed by atoms with Crippen LogP contribution in [0.5, 0.6) is 5.75 Å². The summed E-state index contributed by atoms with van der Waals surface area (Å²) >= 11 is 0. The molecule has 8 nitrogen and oxygen atoms in total. The second-order valence-electron chi connectivity index (χ2n) is 9.52. The van der Waals surface area contributed by atoms with Crippen molar-refractivity contribution in [3.05, 3.63) is 48.3 Å². The summed E-state index contributed by atoms with van der Waals surface area (Å²) in [6.07, 6.45) is 7.41. The zero-order valence-electron chi connectivity index (χ0n) is 19.1. The molecule has 1 aromatic carbocycles. The number of ether oxygens (including phenoxy) is 1. The molecule has 0 radical (unpaired) electrons. The number of anilines is 1. The molecule has 2 atom stereocenters. The van der Waals surface area contributed by atoms with Crippen molar-refractivity contribution in [2.24, 2.45) is 17.3 Å². The summed E-state index contributed by atoms with van der Waals surface area (Å²) in [7, 11) is 1.61. The molecule has 3 aliphatic rings. The van der Waals surface area contributed by atoms with Gasteiger partial charge < -0.3 is 19.9 Å². The van der Waals surface area contributed by atoms with Crippen LogP contribution in [0.4, 0.5) is 5.95 Å². The van der Waals surface area contributed by atoms with Gasteiger partial charge in [0.1, 0.15) is 5.75 Å². The number of carbonyl (C=O) groups is 2. The molecule has 3 heterocycles. The van der Waals surface area contributed by atoms with Crippen LogP contribution in [0.25, 0.3) is 0 Å². The van der Waals surface area contributed by atoms with Crippen LogP contribution in [0.2, 0.25) is 0 Å². The van der Waals surface area contributed by atoms with E-state index in [4.69, 9.17) is 4.74 Å². The third-order valence-electron chi connectivity index (χ3n) is 7.35. The van der Waals surface area contributed by atoms with Crippen LogP contribution in [0.1, 0.15) is 36.0 Å². The second kappa shape index (κ2) is 9.00. The Morgan fingerprint density at radius 1 is 1.15 bits per heavy atom. The number of fused-ring (bicyclic) bond motifs is 1. The van der Waals surface area contributed by atoms with Gasteiger partial charge in [0.25, 0.3) is 5.91 Å². The number of carbonyl (C=O) groups excluding carboxylic acids is 2. The van der Waals surface area contributed by atoms with Crippen LogP contribution >= 0.6 is 0 Å².